The summed E-state index contributed by atoms with van der Waals surface area (Å²) in [5.74, 6) is 0.660. The van der Waals surface area contributed by atoms with Crippen LogP contribution in [0.2, 0.25) is 0 Å². The van der Waals surface area contributed by atoms with E-state index >= 15 is 0 Å². The van der Waals surface area contributed by atoms with E-state index < -0.39 is 11.3 Å². The lowest BCUT2D eigenvalue weighted by Crippen LogP contribution is -2.60. The van der Waals surface area contributed by atoms with Gasteiger partial charge in [0.15, 0.2) is 17.9 Å². The van der Waals surface area contributed by atoms with Crippen LogP contribution in [0.25, 0.3) is 11.2 Å². The van der Waals surface area contributed by atoms with Gasteiger partial charge in [0, 0.05) is 33.2 Å². The minimum absolute atomic E-state index is 0.105. The largest absolute Gasteiger partial charge is 0.444 e. The van der Waals surface area contributed by atoms with E-state index in [0.717, 1.165) is 6.42 Å². The monoisotopic (exact) mass is 418 g/mol. The molecule has 30 heavy (non-hydrogen) atoms. The van der Waals surface area contributed by atoms with Crippen LogP contribution >= 0.6 is 0 Å². The topological polar surface area (TPSA) is 103 Å². The van der Waals surface area contributed by atoms with Gasteiger partial charge in [0.1, 0.15) is 16.8 Å². The van der Waals surface area contributed by atoms with Crippen LogP contribution in [0, 0.1) is 0 Å². The summed E-state index contributed by atoms with van der Waals surface area (Å²) in [6, 6.07) is -0.226. The van der Waals surface area contributed by atoms with Crippen molar-refractivity contribution in [2.45, 2.75) is 58.7 Å². The molecule has 1 saturated heterocycles. The van der Waals surface area contributed by atoms with Crippen LogP contribution in [0.5, 0.6) is 0 Å². The second-order valence-corrected chi connectivity index (χ2v) is 8.79. The molecule has 2 aromatic heterocycles. The molecule has 3 heterocycles. The molecular formula is C20H30N6O4. The van der Waals surface area contributed by atoms with Gasteiger partial charge in [-0.1, -0.05) is 6.92 Å². The predicted octanol–water partition coefficient (Wildman–Crippen LogP) is 1.70. The van der Waals surface area contributed by atoms with Crippen molar-refractivity contribution < 1.29 is 14.3 Å². The van der Waals surface area contributed by atoms with Gasteiger partial charge in [0.2, 0.25) is 0 Å². The average Bonchev–Trinajstić information content (AvgIpc) is 3.00. The lowest BCUT2D eigenvalue weighted by Gasteiger charge is -2.45. The Bertz CT molecular complexity index is 1030. The van der Waals surface area contributed by atoms with Gasteiger partial charge in [0.25, 0.3) is 0 Å². The van der Waals surface area contributed by atoms with E-state index in [0.29, 0.717) is 36.4 Å². The number of rotatable bonds is 3. The van der Waals surface area contributed by atoms with Crippen LogP contribution in [0.3, 0.4) is 0 Å². The quantitative estimate of drug-likeness (QED) is 0.699. The Kier molecular flexibility index (Phi) is 5.62. The minimum Gasteiger partial charge on any atom is -0.444 e. The molecule has 10 heteroatoms. The van der Waals surface area contributed by atoms with Crippen molar-refractivity contribution in [3.8, 4) is 0 Å². The number of aryl methyl sites for hydroxylation is 2. The first-order valence-corrected chi connectivity index (χ1v) is 10.1. The number of hydrogen-bond acceptors (Lipinski definition) is 7. The molecule has 0 unspecified atom stereocenters. The summed E-state index contributed by atoms with van der Waals surface area (Å²) in [5.41, 5.74) is 0.0256. The number of carbonyl (C=O) groups excluding carboxylic acids is 2. The third kappa shape index (κ3) is 3.78. The molecule has 0 bridgehead atoms. The molecule has 1 amide bonds. The van der Waals surface area contributed by atoms with E-state index in [2.05, 4.69) is 9.97 Å². The Morgan fingerprint density at radius 1 is 1.20 bits per heavy atom. The van der Waals surface area contributed by atoms with Crippen molar-refractivity contribution in [3.63, 3.8) is 0 Å². The van der Waals surface area contributed by atoms with Crippen LogP contribution in [0.15, 0.2) is 4.79 Å². The molecule has 10 nitrogen and oxygen atoms in total. The Hall–Kier alpha value is -2.91. The first kappa shape index (κ1) is 21.8. The number of hydrogen-bond donors (Lipinski definition) is 0. The van der Waals surface area contributed by atoms with Crippen molar-refractivity contribution in [1.29, 1.82) is 0 Å². The van der Waals surface area contributed by atoms with E-state index in [4.69, 9.17) is 4.74 Å². The zero-order valence-electron chi connectivity index (χ0n) is 18.7. The smallest absolute Gasteiger partial charge is 0.410 e. The maximum Gasteiger partial charge on any atom is 0.410 e. The SMILES string of the molecule is CC[C@@H]1CN(c2nc(=O)n(C)c3c2nc(C=O)n3C)[C@@H](C)CN1C(=O)OC(C)(C)C. The first-order valence-electron chi connectivity index (χ1n) is 10.1. The average molecular weight is 418 g/mol. The third-order valence-electron chi connectivity index (χ3n) is 5.44. The Labute approximate surface area is 175 Å². The molecule has 2 aromatic rings. The lowest BCUT2D eigenvalue weighted by atomic mass is 10.1. The van der Waals surface area contributed by atoms with Crippen LogP contribution in [-0.2, 0) is 18.8 Å². The van der Waals surface area contributed by atoms with Gasteiger partial charge >= 0.3 is 11.8 Å². The summed E-state index contributed by atoms with van der Waals surface area (Å²) in [6.45, 7) is 10.4. The van der Waals surface area contributed by atoms with E-state index in [1.54, 1.807) is 23.6 Å². The number of aldehydes is 1. The van der Waals surface area contributed by atoms with Gasteiger partial charge in [-0.15, -0.1) is 0 Å². The number of amides is 1. The molecule has 0 saturated carbocycles. The third-order valence-corrected chi connectivity index (χ3v) is 5.44. The molecule has 0 N–H and O–H groups in total. The fraction of sp³-hybridized carbons (Fsp3) is 0.650. The number of carbonyl (C=O) groups is 2. The summed E-state index contributed by atoms with van der Waals surface area (Å²) < 4.78 is 8.56. The first-order chi connectivity index (χ1) is 14.0. The van der Waals surface area contributed by atoms with Crippen molar-refractivity contribution in [3.05, 3.63) is 16.3 Å². The lowest BCUT2D eigenvalue weighted by molar-refractivity contribution is 0.0106. The van der Waals surface area contributed by atoms with Crippen LogP contribution in [0.1, 0.15) is 51.7 Å². The Balaban J connectivity index is 2.03. The van der Waals surface area contributed by atoms with Crippen molar-refractivity contribution in [2.24, 2.45) is 14.1 Å². The molecule has 3 rings (SSSR count). The number of ether oxygens (including phenoxy) is 1. The van der Waals surface area contributed by atoms with Crippen molar-refractivity contribution in [2.75, 3.05) is 18.0 Å². The number of aromatic nitrogens is 4. The maximum atomic E-state index is 12.7. The molecule has 0 aliphatic carbocycles. The fourth-order valence-corrected chi connectivity index (χ4v) is 3.88. The van der Waals surface area contributed by atoms with Crippen LogP contribution < -0.4 is 10.6 Å². The summed E-state index contributed by atoms with van der Waals surface area (Å²) in [5, 5.41) is 0. The number of imidazole rings is 1. The Morgan fingerprint density at radius 3 is 2.43 bits per heavy atom. The fourth-order valence-electron chi connectivity index (χ4n) is 3.88. The summed E-state index contributed by atoms with van der Waals surface area (Å²) in [6.07, 6.45) is 1.04. The summed E-state index contributed by atoms with van der Waals surface area (Å²) in [7, 11) is 3.30. The number of fused-ring (bicyclic) bond motifs is 1. The molecule has 2 atom stereocenters. The minimum atomic E-state index is -0.575. The van der Waals surface area contributed by atoms with Crippen LogP contribution in [-0.4, -0.2) is 67.2 Å². The molecule has 0 radical (unpaired) electrons. The van der Waals surface area contributed by atoms with Crippen molar-refractivity contribution in [1.82, 2.24) is 24.0 Å². The van der Waals surface area contributed by atoms with E-state index in [1.807, 2.05) is 39.5 Å². The highest BCUT2D eigenvalue weighted by Gasteiger charge is 2.37. The second-order valence-electron chi connectivity index (χ2n) is 8.79. The number of piperazine rings is 1. The Morgan fingerprint density at radius 2 is 1.87 bits per heavy atom. The number of anilines is 1. The molecule has 1 aliphatic rings. The second kappa shape index (κ2) is 7.73. The summed E-state index contributed by atoms with van der Waals surface area (Å²) in [4.78, 5) is 49.1. The van der Waals surface area contributed by atoms with Gasteiger partial charge in [-0.3, -0.25) is 9.36 Å². The zero-order valence-corrected chi connectivity index (χ0v) is 18.7. The van der Waals surface area contributed by atoms with Gasteiger partial charge < -0.3 is 19.1 Å². The van der Waals surface area contributed by atoms with Gasteiger partial charge in [-0.25, -0.2) is 14.6 Å². The maximum absolute atomic E-state index is 12.7. The molecular weight excluding hydrogens is 388 g/mol. The highest BCUT2D eigenvalue weighted by molar-refractivity contribution is 5.88. The summed E-state index contributed by atoms with van der Waals surface area (Å²) >= 11 is 0. The standard InChI is InChI=1S/C20H30N6O4/c1-8-13-10-25(12(2)9-26(13)19(29)30-20(3,4)5)16-15-17(24(7)18(28)22-16)23(6)14(11-27)21-15/h11-13H,8-10H2,1-7H3/t12-,13+/m0/s1. The highest BCUT2D eigenvalue weighted by atomic mass is 16.6. The number of nitrogens with zero attached hydrogens (tertiary/aromatic N) is 6. The predicted molar refractivity (Wildman–Crippen MR) is 113 cm³/mol. The molecule has 1 aliphatic heterocycles. The van der Waals surface area contributed by atoms with E-state index in [-0.39, 0.29) is 24.0 Å². The van der Waals surface area contributed by atoms with Crippen molar-refractivity contribution >= 4 is 29.4 Å². The van der Waals surface area contributed by atoms with Crippen LogP contribution in [0.4, 0.5) is 10.6 Å². The van der Waals surface area contributed by atoms with E-state index in [9.17, 15) is 14.4 Å². The normalized spacial score (nSPS) is 20.0. The van der Waals surface area contributed by atoms with E-state index in [1.165, 1.54) is 4.57 Å². The molecule has 164 valence electrons. The molecule has 1 fully saturated rings. The van der Waals surface area contributed by atoms with Gasteiger partial charge in [-0.2, -0.15) is 4.98 Å². The molecule has 0 spiro atoms. The van der Waals surface area contributed by atoms with Gasteiger partial charge in [-0.05, 0) is 34.1 Å². The highest BCUT2D eigenvalue weighted by Crippen LogP contribution is 2.29. The zero-order chi connectivity index (χ0) is 22.4. The molecule has 0 aromatic carbocycles. The van der Waals surface area contributed by atoms with Gasteiger partial charge in [0.05, 0.1) is 6.04 Å².